The number of hydrogen-bond acceptors (Lipinski definition) is 3. The third-order valence-corrected chi connectivity index (χ3v) is 5.00. The predicted octanol–water partition coefficient (Wildman–Crippen LogP) is 3.59. The fourth-order valence-electron chi connectivity index (χ4n) is 3.98. The molecular weight excluding hydrogens is 246 g/mol. The maximum atomic E-state index is 5.83. The molecule has 2 heterocycles. The van der Waals surface area contributed by atoms with Gasteiger partial charge in [-0.2, -0.15) is 0 Å². The second-order valence-corrected chi connectivity index (χ2v) is 6.22. The number of anilines is 2. The van der Waals surface area contributed by atoms with E-state index in [0.29, 0.717) is 0 Å². The lowest BCUT2D eigenvalue weighted by molar-refractivity contribution is 0.341. The summed E-state index contributed by atoms with van der Waals surface area (Å²) >= 11 is 0. The number of pyridine rings is 1. The van der Waals surface area contributed by atoms with E-state index in [1.54, 1.807) is 0 Å². The predicted molar refractivity (Wildman–Crippen MR) is 83.9 cm³/mol. The first-order valence-electron chi connectivity index (χ1n) is 7.74. The molecule has 0 bridgehead atoms. The van der Waals surface area contributed by atoms with Crippen molar-refractivity contribution >= 4 is 22.4 Å². The summed E-state index contributed by atoms with van der Waals surface area (Å²) in [5.41, 5.74) is 7.69. The van der Waals surface area contributed by atoms with Crippen LogP contribution in [0.5, 0.6) is 0 Å². The van der Waals surface area contributed by atoms with E-state index in [1.165, 1.54) is 38.6 Å². The van der Waals surface area contributed by atoms with Crippen molar-refractivity contribution in [2.75, 3.05) is 17.2 Å². The molecule has 1 saturated heterocycles. The molecule has 2 atom stereocenters. The van der Waals surface area contributed by atoms with Gasteiger partial charge in [0.25, 0.3) is 0 Å². The molecule has 1 aliphatic carbocycles. The first-order chi connectivity index (χ1) is 9.81. The molecule has 0 spiro atoms. The topological polar surface area (TPSA) is 42.1 Å². The van der Waals surface area contributed by atoms with Gasteiger partial charge in [0, 0.05) is 23.7 Å². The molecule has 20 heavy (non-hydrogen) atoms. The van der Waals surface area contributed by atoms with Crippen LogP contribution in [0, 0.1) is 5.92 Å². The Labute approximate surface area is 119 Å². The van der Waals surface area contributed by atoms with Crippen LogP contribution in [-0.4, -0.2) is 17.6 Å². The fraction of sp³-hybridized carbons (Fsp3) is 0.471. The molecule has 4 rings (SSSR count). The van der Waals surface area contributed by atoms with Crippen molar-refractivity contribution in [1.29, 1.82) is 0 Å². The van der Waals surface area contributed by atoms with Gasteiger partial charge in [-0.15, -0.1) is 0 Å². The Morgan fingerprint density at radius 3 is 2.90 bits per heavy atom. The summed E-state index contributed by atoms with van der Waals surface area (Å²) in [6.07, 6.45) is 6.88. The molecule has 2 unspecified atom stereocenters. The van der Waals surface area contributed by atoms with Gasteiger partial charge < -0.3 is 10.6 Å². The van der Waals surface area contributed by atoms with Crippen LogP contribution in [0.15, 0.2) is 30.3 Å². The summed E-state index contributed by atoms with van der Waals surface area (Å²) in [6.45, 7) is 1.17. The zero-order valence-electron chi connectivity index (χ0n) is 11.8. The summed E-state index contributed by atoms with van der Waals surface area (Å²) in [6, 6.07) is 11.0. The van der Waals surface area contributed by atoms with Gasteiger partial charge in [-0.25, -0.2) is 4.98 Å². The number of benzene rings is 1. The number of rotatable bonds is 1. The highest BCUT2D eigenvalue weighted by molar-refractivity contribution is 5.83. The van der Waals surface area contributed by atoms with Gasteiger partial charge in [0.2, 0.25) is 0 Å². The van der Waals surface area contributed by atoms with Gasteiger partial charge in [-0.1, -0.05) is 12.8 Å². The summed E-state index contributed by atoms with van der Waals surface area (Å²) < 4.78 is 0. The maximum absolute atomic E-state index is 5.83. The van der Waals surface area contributed by atoms with Crippen LogP contribution in [0.4, 0.5) is 11.5 Å². The Morgan fingerprint density at radius 2 is 1.95 bits per heavy atom. The molecule has 2 fully saturated rings. The average molecular weight is 267 g/mol. The molecule has 1 aliphatic heterocycles. The van der Waals surface area contributed by atoms with Gasteiger partial charge in [0.1, 0.15) is 5.82 Å². The van der Waals surface area contributed by atoms with Gasteiger partial charge in [0.05, 0.1) is 5.52 Å². The highest BCUT2D eigenvalue weighted by atomic mass is 15.2. The van der Waals surface area contributed by atoms with Gasteiger partial charge in [-0.05, 0) is 55.5 Å². The van der Waals surface area contributed by atoms with E-state index < -0.39 is 0 Å². The molecule has 2 N–H and O–H groups in total. The highest BCUT2D eigenvalue weighted by Crippen LogP contribution is 2.38. The lowest BCUT2D eigenvalue weighted by Crippen LogP contribution is -2.35. The van der Waals surface area contributed by atoms with Crippen molar-refractivity contribution < 1.29 is 0 Å². The average Bonchev–Trinajstić information content (AvgIpc) is 2.91. The van der Waals surface area contributed by atoms with Gasteiger partial charge in [-0.3, -0.25) is 0 Å². The summed E-state index contributed by atoms with van der Waals surface area (Å²) in [4.78, 5) is 7.40. The molecule has 1 saturated carbocycles. The second kappa shape index (κ2) is 4.65. The largest absolute Gasteiger partial charge is 0.399 e. The van der Waals surface area contributed by atoms with Crippen molar-refractivity contribution in [1.82, 2.24) is 4.98 Å². The standard InChI is InChI=1S/C17H21N3/c18-14-6-7-15-13(11-14)5-8-17(19-15)20-10-9-12-3-1-2-4-16(12)20/h5-8,11-12,16H,1-4,9-10,18H2. The van der Waals surface area contributed by atoms with Crippen LogP contribution >= 0.6 is 0 Å². The van der Waals surface area contributed by atoms with E-state index in [-0.39, 0.29) is 0 Å². The van der Waals surface area contributed by atoms with Crippen LogP contribution in [-0.2, 0) is 0 Å². The van der Waals surface area contributed by atoms with E-state index in [4.69, 9.17) is 10.7 Å². The molecule has 0 amide bonds. The number of nitrogen functional groups attached to an aromatic ring is 1. The van der Waals surface area contributed by atoms with Crippen molar-refractivity contribution in [3.05, 3.63) is 30.3 Å². The number of fused-ring (bicyclic) bond motifs is 2. The number of nitrogens with zero attached hydrogens (tertiary/aromatic N) is 2. The molecule has 2 aliphatic rings. The van der Waals surface area contributed by atoms with Crippen LogP contribution < -0.4 is 10.6 Å². The van der Waals surface area contributed by atoms with E-state index >= 15 is 0 Å². The molecule has 3 nitrogen and oxygen atoms in total. The first-order valence-corrected chi connectivity index (χ1v) is 7.74. The fourth-order valence-corrected chi connectivity index (χ4v) is 3.98. The molecule has 2 aromatic rings. The minimum absolute atomic E-state index is 0.725. The maximum Gasteiger partial charge on any atom is 0.129 e. The normalized spacial score (nSPS) is 25.9. The Balaban J connectivity index is 1.69. The van der Waals surface area contributed by atoms with Crippen molar-refractivity contribution in [2.24, 2.45) is 5.92 Å². The Bertz CT molecular complexity index is 637. The number of nitrogens with two attached hydrogens (primary N) is 1. The molecule has 1 aromatic heterocycles. The van der Waals surface area contributed by atoms with Crippen molar-refractivity contribution in [3.8, 4) is 0 Å². The summed E-state index contributed by atoms with van der Waals surface area (Å²) in [7, 11) is 0. The van der Waals surface area contributed by atoms with Crippen LogP contribution in [0.25, 0.3) is 10.9 Å². The van der Waals surface area contributed by atoms with Crippen LogP contribution in [0.1, 0.15) is 32.1 Å². The third-order valence-electron chi connectivity index (χ3n) is 5.00. The SMILES string of the molecule is Nc1ccc2nc(N3CCC4CCCCC43)ccc2c1. The lowest BCUT2D eigenvalue weighted by atomic mass is 9.85. The van der Waals surface area contributed by atoms with Crippen molar-refractivity contribution in [2.45, 2.75) is 38.1 Å². The number of aromatic nitrogens is 1. The third kappa shape index (κ3) is 1.92. The van der Waals surface area contributed by atoms with Gasteiger partial charge in [0.15, 0.2) is 0 Å². The molecular formula is C17H21N3. The Hall–Kier alpha value is -1.77. The van der Waals surface area contributed by atoms with Crippen LogP contribution in [0.2, 0.25) is 0 Å². The molecule has 0 radical (unpaired) electrons. The second-order valence-electron chi connectivity index (χ2n) is 6.22. The van der Waals surface area contributed by atoms with E-state index in [9.17, 15) is 0 Å². The highest BCUT2D eigenvalue weighted by Gasteiger charge is 2.36. The summed E-state index contributed by atoms with van der Waals surface area (Å²) in [5, 5.41) is 1.13. The zero-order valence-corrected chi connectivity index (χ0v) is 11.8. The van der Waals surface area contributed by atoms with Crippen LogP contribution in [0.3, 0.4) is 0 Å². The first kappa shape index (κ1) is 12.0. The molecule has 1 aromatic carbocycles. The van der Waals surface area contributed by atoms with E-state index in [0.717, 1.165) is 34.4 Å². The zero-order chi connectivity index (χ0) is 13.5. The van der Waals surface area contributed by atoms with Crippen molar-refractivity contribution in [3.63, 3.8) is 0 Å². The molecule has 3 heteroatoms. The lowest BCUT2D eigenvalue weighted by Gasteiger charge is -2.32. The minimum Gasteiger partial charge on any atom is -0.399 e. The Morgan fingerprint density at radius 1 is 1.05 bits per heavy atom. The monoisotopic (exact) mass is 267 g/mol. The Kier molecular flexibility index (Phi) is 2.79. The minimum atomic E-state index is 0.725. The molecule has 104 valence electrons. The van der Waals surface area contributed by atoms with Gasteiger partial charge >= 0.3 is 0 Å². The quantitative estimate of drug-likeness (QED) is 0.803. The van der Waals surface area contributed by atoms with E-state index in [1.807, 2.05) is 18.2 Å². The smallest absolute Gasteiger partial charge is 0.129 e. The summed E-state index contributed by atoms with van der Waals surface area (Å²) in [5.74, 6) is 2.05. The van der Waals surface area contributed by atoms with E-state index in [2.05, 4.69) is 17.0 Å². The number of hydrogen-bond donors (Lipinski definition) is 1.